The summed E-state index contributed by atoms with van der Waals surface area (Å²) in [5.41, 5.74) is 7.03. The highest BCUT2D eigenvalue weighted by molar-refractivity contribution is 5.03. The Balaban J connectivity index is 1.52. The van der Waals surface area contributed by atoms with Crippen LogP contribution in [-0.2, 0) is 13.0 Å². The van der Waals surface area contributed by atoms with Crippen LogP contribution in [0, 0.1) is 29.6 Å². The molecule has 4 bridgehead atoms. The van der Waals surface area contributed by atoms with E-state index in [0.717, 1.165) is 49.1 Å². The number of hydrogen-bond donors (Lipinski definition) is 1. The van der Waals surface area contributed by atoms with Crippen LogP contribution in [0.15, 0.2) is 12.3 Å². The molecular formula is C16H25N3. The predicted molar refractivity (Wildman–Crippen MR) is 75.5 cm³/mol. The average Bonchev–Trinajstić information content (AvgIpc) is 2.81. The normalized spacial score (nSPS) is 39.9. The summed E-state index contributed by atoms with van der Waals surface area (Å²) in [5, 5.41) is 4.55. The van der Waals surface area contributed by atoms with Gasteiger partial charge in [0.2, 0.25) is 0 Å². The topological polar surface area (TPSA) is 43.8 Å². The first kappa shape index (κ1) is 12.0. The van der Waals surface area contributed by atoms with Crippen LogP contribution in [0.1, 0.15) is 37.8 Å². The van der Waals surface area contributed by atoms with Gasteiger partial charge in [-0.3, -0.25) is 4.68 Å². The van der Waals surface area contributed by atoms with E-state index >= 15 is 0 Å². The fraction of sp³-hybridized carbons (Fsp3) is 0.812. The molecule has 0 aromatic carbocycles. The number of aromatic nitrogens is 2. The molecule has 104 valence electrons. The molecule has 19 heavy (non-hydrogen) atoms. The van der Waals surface area contributed by atoms with Gasteiger partial charge in [-0.1, -0.05) is 0 Å². The molecule has 3 heteroatoms. The second kappa shape index (κ2) is 4.62. The third kappa shape index (κ3) is 2.03. The molecule has 1 aromatic rings. The smallest absolute Gasteiger partial charge is 0.0492 e. The van der Waals surface area contributed by atoms with Crippen molar-refractivity contribution < 1.29 is 0 Å². The van der Waals surface area contributed by atoms with Crippen molar-refractivity contribution in [3.8, 4) is 0 Å². The van der Waals surface area contributed by atoms with Crippen LogP contribution in [-0.4, -0.2) is 16.3 Å². The van der Waals surface area contributed by atoms with E-state index in [1.165, 1.54) is 31.4 Å². The number of nitrogens with zero attached hydrogens (tertiary/aromatic N) is 2. The fourth-order valence-electron chi connectivity index (χ4n) is 5.42. The largest absolute Gasteiger partial charge is 0.330 e. The van der Waals surface area contributed by atoms with Crippen molar-refractivity contribution >= 4 is 0 Å². The van der Waals surface area contributed by atoms with Gasteiger partial charge >= 0.3 is 0 Å². The zero-order chi connectivity index (χ0) is 12.8. The summed E-state index contributed by atoms with van der Waals surface area (Å²) < 4.78 is 2.25. The maximum Gasteiger partial charge on any atom is 0.0492 e. The molecular weight excluding hydrogens is 234 g/mol. The summed E-state index contributed by atoms with van der Waals surface area (Å²) in [6.45, 7) is 1.88. The number of nitrogens with two attached hydrogens (primary N) is 1. The molecule has 4 aliphatic carbocycles. The zero-order valence-corrected chi connectivity index (χ0v) is 11.7. The minimum atomic E-state index is 0.730. The summed E-state index contributed by atoms with van der Waals surface area (Å²) in [6, 6.07) is 2.14. The Morgan fingerprint density at radius 3 is 2.42 bits per heavy atom. The first-order valence-corrected chi connectivity index (χ1v) is 8.04. The molecule has 0 spiro atoms. The minimum Gasteiger partial charge on any atom is -0.330 e. The standard InChI is InChI=1S/C16H25N3/c17-3-1-15-2-4-18-19(15)10-16-13-6-11-5-12(8-13)9-14(16)7-11/h2,4,11-14,16H,1,3,5-10,17H2. The van der Waals surface area contributed by atoms with Crippen LogP contribution in [0.5, 0.6) is 0 Å². The van der Waals surface area contributed by atoms with Gasteiger partial charge in [0, 0.05) is 24.9 Å². The Morgan fingerprint density at radius 1 is 1.11 bits per heavy atom. The summed E-state index contributed by atoms with van der Waals surface area (Å²) in [7, 11) is 0. The molecule has 0 saturated heterocycles. The van der Waals surface area contributed by atoms with Crippen molar-refractivity contribution in [2.75, 3.05) is 6.54 Å². The van der Waals surface area contributed by atoms with Crippen molar-refractivity contribution in [1.29, 1.82) is 0 Å². The number of rotatable bonds is 4. The first-order chi connectivity index (χ1) is 9.33. The summed E-state index contributed by atoms with van der Waals surface area (Å²) in [5.74, 6) is 5.02. The maximum atomic E-state index is 5.70. The highest BCUT2D eigenvalue weighted by Gasteiger charge is 2.48. The third-order valence-electron chi connectivity index (χ3n) is 6.01. The Kier molecular flexibility index (Phi) is 2.91. The van der Waals surface area contributed by atoms with E-state index < -0.39 is 0 Å². The van der Waals surface area contributed by atoms with Crippen molar-refractivity contribution in [2.24, 2.45) is 35.3 Å². The van der Waals surface area contributed by atoms with Gasteiger partial charge in [-0.25, -0.2) is 0 Å². The lowest BCUT2D eigenvalue weighted by Gasteiger charge is -2.54. The second-order valence-corrected chi connectivity index (χ2v) is 7.14. The van der Waals surface area contributed by atoms with Crippen LogP contribution in [0.4, 0.5) is 0 Å². The quantitative estimate of drug-likeness (QED) is 0.902. The number of hydrogen-bond acceptors (Lipinski definition) is 2. The van der Waals surface area contributed by atoms with Crippen LogP contribution in [0.2, 0.25) is 0 Å². The predicted octanol–water partition coefficient (Wildman–Crippen LogP) is 2.46. The minimum absolute atomic E-state index is 0.730. The molecule has 0 aliphatic heterocycles. The Labute approximate surface area is 115 Å². The summed E-state index contributed by atoms with van der Waals surface area (Å²) in [6.07, 6.45) is 10.5. The van der Waals surface area contributed by atoms with E-state index in [-0.39, 0.29) is 0 Å². The maximum absolute atomic E-state index is 5.70. The summed E-state index contributed by atoms with van der Waals surface area (Å²) >= 11 is 0. The molecule has 4 saturated carbocycles. The van der Waals surface area contributed by atoms with Gasteiger partial charge in [0.15, 0.2) is 0 Å². The van der Waals surface area contributed by atoms with Crippen LogP contribution in [0.25, 0.3) is 0 Å². The molecule has 0 unspecified atom stereocenters. The molecule has 4 aliphatic rings. The van der Waals surface area contributed by atoms with Gasteiger partial charge in [-0.05, 0) is 74.3 Å². The molecule has 0 amide bonds. The SMILES string of the molecule is NCCc1ccnn1CC1C2CC3CC(C2)CC1C3. The lowest BCUT2D eigenvalue weighted by molar-refractivity contribution is -0.0445. The van der Waals surface area contributed by atoms with Gasteiger partial charge in [0.1, 0.15) is 0 Å². The Bertz CT molecular complexity index is 423. The van der Waals surface area contributed by atoms with Crippen LogP contribution >= 0.6 is 0 Å². The fourth-order valence-corrected chi connectivity index (χ4v) is 5.42. The molecule has 0 radical (unpaired) electrons. The van der Waals surface area contributed by atoms with E-state index in [0.29, 0.717) is 0 Å². The molecule has 1 aromatic heterocycles. The van der Waals surface area contributed by atoms with Crippen LogP contribution < -0.4 is 5.73 Å². The van der Waals surface area contributed by atoms with Crippen molar-refractivity contribution in [3.63, 3.8) is 0 Å². The molecule has 3 nitrogen and oxygen atoms in total. The van der Waals surface area contributed by atoms with E-state index in [9.17, 15) is 0 Å². The lowest BCUT2D eigenvalue weighted by atomic mass is 9.52. The molecule has 0 atom stereocenters. The van der Waals surface area contributed by atoms with Gasteiger partial charge in [-0.2, -0.15) is 5.10 Å². The Hall–Kier alpha value is -0.830. The highest BCUT2D eigenvalue weighted by Crippen LogP contribution is 2.56. The van der Waals surface area contributed by atoms with E-state index in [1.54, 1.807) is 6.42 Å². The van der Waals surface area contributed by atoms with Crippen molar-refractivity contribution in [3.05, 3.63) is 18.0 Å². The van der Waals surface area contributed by atoms with Crippen LogP contribution in [0.3, 0.4) is 0 Å². The van der Waals surface area contributed by atoms with E-state index in [2.05, 4.69) is 15.8 Å². The van der Waals surface area contributed by atoms with Gasteiger partial charge in [0.05, 0.1) is 0 Å². The van der Waals surface area contributed by atoms with Gasteiger partial charge in [0.25, 0.3) is 0 Å². The van der Waals surface area contributed by atoms with Gasteiger partial charge in [-0.15, -0.1) is 0 Å². The molecule has 1 heterocycles. The lowest BCUT2D eigenvalue weighted by Crippen LogP contribution is -2.46. The highest BCUT2D eigenvalue weighted by atomic mass is 15.3. The zero-order valence-electron chi connectivity index (χ0n) is 11.7. The van der Waals surface area contributed by atoms with Gasteiger partial charge < -0.3 is 5.73 Å². The van der Waals surface area contributed by atoms with E-state index in [4.69, 9.17) is 5.73 Å². The molecule has 4 fully saturated rings. The van der Waals surface area contributed by atoms with Crippen molar-refractivity contribution in [1.82, 2.24) is 9.78 Å². The molecule has 5 rings (SSSR count). The van der Waals surface area contributed by atoms with E-state index in [1.807, 2.05) is 6.20 Å². The third-order valence-corrected chi connectivity index (χ3v) is 6.01. The molecule has 2 N–H and O–H groups in total. The second-order valence-electron chi connectivity index (χ2n) is 7.14. The Morgan fingerprint density at radius 2 is 1.79 bits per heavy atom. The average molecular weight is 259 g/mol. The van der Waals surface area contributed by atoms with Crippen molar-refractivity contribution in [2.45, 2.75) is 45.1 Å². The summed E-state index contributed by atoms with van der Waals surface area (Å²) in [4.78, 5) is 0. The first-order valence-electron chi connectivity index (χ1n) is 8.04. The monoisotopic (exact) mass is 259 g/mol.